The van der Waals surface area contributed by atoms with Crippen LogP contribution in [0.3, 0.4) is 0 Å². The molecule has 1 amide bonds. The third-order valence-corrected chi connectivity index (χ3v) is 4.11. The largest absolute Gasteiger partial charge is 0.320 e. The third-order valence-electron chi connectivity index (χ3n) is 3.79. The van der Waals surface area contributed by atoms with Crippen molar-refractivity contribution < 1.29 is 9.72 Å². The van der Waals surface area contributed by atoms with Gasteiger partial charge in [0.1, 0.15) is 16.4 Å². The van der Waals surface area contributed by atoms with Crippen molar-refractivity contribution >= 4 is 34.5 Å². The number of nitrogens with zero attached hydrogens (tertiary/aromatic N) is 3. The molecule has 2 aromatic heterocycles. The molecule has 0 aliphatic heterocycles. The van der Waals surface area contributed by atoms with E-state index in [0.717, 1.165) is 5.56 Å². The van der Waals surface area contributed by atoms with Crippen molar-refractivity contribution in [2.24, 2.45) is 0 Å². The lowest BCUT2D eigenvalue weighted by molar-refractivity contribution is -0.384. The second-order valence-electron chi connectivity index (χ2n) is 5.57. The molecule has 2 heterocycles. The van der Waals surface area contributed by atoms with Gasteiger partial charge in [-0.25, -0.2) is 4.98 Å². The first-order chi connectivity index (χ1) is 11.9. The zero-order chi connectivity index (χ0) is 18.1. The van der Waals surface area contributed by atoms with Gasteiger partial charge in [0.2, 0.25) is 0 Å². The normalized spacial score (nSPS) is 10.8. The Bertz CT molecular complexity index is 997. The molecule has 0 fully saturated rings. The number of fused-ring (bicyclic) bond motifs is 1. The number of anilines is 1. The highest BCUT2D eigenvalue weighted by Gasteiger charge is 2.20. The van der Waals surface area contributed by atoms with Gasteiger partial charge in [-0.05, 0) is 37.1 Å². The summed E-state index contributed by atoms with van der Waals surface area (Å²) < 4.78 is 1.73. The molecule has 0 atom stereocenters. The van der Waals surface area contributed by atoms with Crippen LogP contribution in [0, 0.1) is 17.0 Å². The summed E-state index contributed by atoms with van der Waals surface area (Å²) in [6, 6.07) is 7.91. The summed E-state index contributed by atoms with van der Waals surface area (Å²) in [4.78, 5) is 27.6. The van der Waals surface area contributed by atoms with Crippen LogP contribution in [0.1, 0.15) is 28.7 Å². The number of carbonyl (C=O) groups excluding carboxylic acids is 1. The van der Waals surface area contributed by atoms with E-state index in [-0.39, 0.29) is 16.6 Å². The fraction of sp³-hybridized carbons (Fsp3) is 0.176. The number of nitrogens with one attached hydrogen (secondary N) is 1. The monoisotopic (exact) mass is 358 g/mol. The summed E-state index contributed by atoms with van der Waals surface area (Å²) in [5, 5.41) is 13.7. The van der Waals surface area contributed by atoms with Crippen molar-refractivity contribution in [1.82, 2.24) is 9.38 Å². The number of halogens is 1. The molecule has 1 aromatic carbocycles. The summed E-state index contributed by atoms with van der Waals surface area (Å²) in [6.45, 7) is 3.84. The Morgan fingerprint density at radius 3 is 2.80 bits per heavy atom. The van der Waals surface area contributed by atoms with Gasteiger partial charge in [-0.2, -0.15) is 0 Å². The number of nitro groups is 1. The molecule has 8 heteroatoms. The fourth-order valence-electron chi connectivity index (χ4n) is 2.61. The van der Waals surface area contributed by atoms with Crippen LogP contribution in [0.4, 0.5) is 11.4 Å². The highest BCUT2D eigenvalue weighted by atomic mass is 35.5. The molecule has 0 radical (unpaired) electrons. The molecular formula is C17H15ClN4O3. The summed E-state index contributed by atoms with van der Waals surface area (Å²) in [6.07, 6.45) is 2.42. The lowest BCUT2D eigenvalue weighted by atomic mass is 10.2. The number of amides is 1. The molecule has 0 spiro atoms. The zero-order valence-corrected chi connectivity index (χ0v) is 14.4. The van der Waals surface area contributed by atoms with Gasteiger partial charge in [-0.3, -0.25) is 19.3 Å². The van der Waals surface area contributed by atoms with E-state index >= 15 is 0 Å². The number of benzene rings is 1. The van der Waals surface area contributed by atoms with Gasteiger partial charge in [-0.1, -0.05) is 24.6 Å². The quantitative estimate of drug-likeness (QED) is 0.563. The van der Waals surface area contributed by atoms with E-state index in [1.165, 1.54) is 18.2 Å². The minimum absolute atomic E-state index is 0.0164. The maximum absolute atomic E-state index is 12.8. The molecule has 0 aliphatic carbocycles. The lowest BCUT2D eigenvalue weighted by Crippen LogP contribution is -2.16. The predicted molar refractivity (Wildman–Crippen MR) is 95.4 cm³/mol. The Morgan fingerprint density at radius 1 is 1.36 bits per heavy atom. The number of imidazole rings is 1. The lowest BCUT2D eigenvalue weighted by Gasteiger charge is -2.07. The standard InChI is InChI=1S/C17H15ClN4O3/c1-3-13-16(21-9-10(2)4-7-15(21)20-13)17(23)19-11-5-6-12(18)14(8-11)22(24)25/h4-9H,3H2,1-2H3,(H,19,23). The first-order valence-electron chi connectivity index (χ1n) is 7.63. The van der Waals surface area contributed by atoms with Crippen LogP contribution in [0.2, 0.25) is 5.02 Å². The first kappa shape index (κ1) is 16.9. The van der Waals surface area contributed by atoms with Gasteiger partial charge in [0, 0.05) is 18.0 Å². The van der Waals surface area contributed by atoms with E-state index in [2.05, 4.69) is 10.3 Å². The Balaban J connectivity index is 2.02. The van der Waals surface area contributed by atoms with Crippen LogP contribution in [0.15, 0.2) is 36.5 Å². The minimum atomic E-state index is -0.590. The van der Waals surface area contributed by atoms with E-state index in [0.29, 0.717) is 29.1 Å². The number of hydrogen-bond acceptors (Lipinski definition) is 4. The highest BCUT2D eigenvalue weighted by molar-refractivity contribution is 6.32. The molecule has 0 aliphatic rings. The maximum Gasteiger partial charge on any atom is 0.289 e. The van der Waals surface area contributed by atoms with Gasteiger partial charge in [-0.15, -0.1) is 0 Å². The van der Waals surface area contributed by atoms with Crippen molar-refractivity contribution in [3.05, 3.63) is 68.6 Å². The molecule has 7 nitrogen and oxygen atoms in total. The average molecular weight is 359 g/mol. The summed E-state index contributed by atoms with van der Waals surface area (Å²) in [7, 11) is 0. The second kappa shape index (κ2) is 6.52. The summed E-state index contributed by atoms with van der Waals surface area (Å²) in [5.41, 5.74) is 2.78. The molecule has 128 valence electrons. The van der Waals surface area contributed by atoms with E-state index in [1.807, 2.05) is 32.2 Å². The topological polar surface area (TPSA) is 89.5 Å². The van der Waals surface area contributed by atoms with Gasteiger partial charge < -0.3 is 5.32 Å². The molecular weight excluding hydrogens is 344 g/mol. The number of aromatic nitrogens is 2. The first-order valence-corrected chi connectivity index (χ1v) is 8.01. The van der Waals surface area contributed by atoms with E-state index in [1.54, 1.807) is 4.40 Å². The van der Waals surface area contributed by atoms with Gasteiger partial charge in [0.25, 0.3) is 11.6 Å². The van der Waals surface area contributed by atoms with Crippen LogP contribution in [0.5, 0.6) is 0 Å². The molecule has 0 unspecified atom stereocenters. The number of hydrogen-bond donors (Lipinski definition) is 1. The Kier molecular flexibility index (Phi) is 4.41. The van der Waals surface area contributed by atoms with Gasteiger partial charge >= 0.3 is 0 Å². The summed E-state index contributed by atoms with van der Waals surface area (Å²) in [5.74, 6) is -0.383. The van der Waals surface area contributed by atoms with E-state index < -0.39 is 4.92 Å². The third kappa shape index (κ3) is 3.18. The smallest absolute Gasteiger partial charge is 0.289 e. The van der Waals surface area contributed by atoms with Crippen molar-refractivity contribution in [3.63, 3.8) is 0 Å². The van der Waals surface area contributed by atoms with E-state index in [9.17, 15) is 14.9 Å². The highest BCUT2D eigenvalue weighted by Crippen LogP contribution is 2.28. The zero-order valence-electron chi connectivity index (χ0n) is 13.6. The molecule has 0 saturated carbocycles. The average Bonchev–Trinajstić information content (AvgIpc) is 2.94. The molecule has 3 rings (SSSR count). The van der Waals surface area contributed by atoms with Crippen LogP contribution in [0.25, 0.3) is 5.65 Å². The molecule has 0 bridgehead atoms. The summed E-state index contributed by atoms with van der Waals surface area (Å²) >= 11 is 5.80. The maximum atomic E-state index is 12.8. The number of carbonyl (C=O) groups is 1. The molecule has 25 heavy (non-hydrogen) atoms. The number of pyridine rings is 1. The Hall–Kier alpha value is -2.93. The molecule has 3 aromatic rings. The van der Waals surface area contributed by atoms with Crippen molar-refractivity contribution in [3.8, 4) is 0 Å². The van der Waals surface area contributed by atoms with Crippen LogP contribution in [-0.2, 0) is 6.42 Å². The van der Waals surface area contributed by atoms with Crippen LogP contribution < -0.4 is 5.32 Å². The number of aryl methyl sites for hydroxylation is 2. The Morgan fingerprint density at radius 2 is 2.12 bits per heavy atom. The Labute approximate surface area is 148 Å². The second-order valence-corrected chi connectivity index (χ2v) is 5.98. The van der Waals surface area contributed by atoms with Crippen LogP contribution in [-0.4, -0.2) is 20.2 Å². The van der Waals surface area contributed by atoms with E-state index in [4.69, 9.17) is 11.6 Å². The molecule has 1 N–H and O–H groups in total. The number of nitro benzene ring substituents is 1. The van der Waals surface area contributed by atoms with Crippen molar-refractivity contribution in [1.29, 1.82) is 0 Å². The van der Waals surface area contributed by atoms with Gasteiger partial charge in [0.05, 0.1) is 10.6 Å². The van der Waals surface area contributed by atoms with Gasteiger partial charge in [0.15, 0.2) is 0 Å². The number of rotatable bonds is 4. The predicted octanol–water partition coefficient (Wildman–Crippen LogP) is 4.02. The fourth-order valence-corrected chi connectivity index (χ4v) is 2.79. The van der Waals surface area contributed by atoms with Crippen molar-refractivity contribution in [2.45, 2.75) is 20.3 Å². The molecule has 0 saturated heterocycles. The SMILES string of the molecule is CCc1nc2ccc(C)cn2c1C(=O)Nc1ccc(Cl)c([N+](=O)[O-])c1. The minimum Gasteiger partial charge on any atom is -0.320 e. The van der Waals surface area contributed by atoms with Crippen molar-refractivity contribution in [2.75, 3.05) is 5.32 Å². The van der Waals surface area contributed by atoms with Crippen LogP contribution >= 0.6 is 11.6 Å².